The van der Waals surface area contributed by atoms with Crippen LogP contribution in [0.1, 0.15) is 28.7 Å². The van der Waals surface area contributed by atoms with E-state index in [-0.39, 0.29) is 6.01 Å². The Labute approximate surface area is 206 Å². The molecule has 0 aliphatic carbocycles. The SMILES string of the molecule is Cc1cc(C)c(Nc2nc(Nc3ccc(C#N)cc3)nc(OCCC[NH+]3CCOCC3)n2)c(C)c1. The molecule has 0 spiro atoms. The second kappa shape index (κ2) is 11.6. The zero-order valence-electron chi connectivity index (χ0n) is 20.5. The first kappa shape index (κ1) is 24.4. The molecule has 0 saturated carbocycles. The van der Waals surface area contributed by atoms with Gasteiger partial charge in [-0.3, -0.25) is 0 Å². The van der Waals surface area contributed by atoms with E-state index < -0.39 is 0 Å². The third-order valence-corrected chi connectivity index (χ3v) is 5.90. The Morgan fingerprint density at radius 3 is 2.29 bits per heavy atom. The first-order valence-electron chi connectivity index (χ1n) is 11.9. The Morgan fingerprint density at radius 2 is 1.63 bits per heavy atom. The first-order chi connectivity index (χ1) is 17.0. The number of aromatic nitrogens is 3. The lowest BCUT2D eigenvalue weighted by Crippen LogP contribution is -3.14. The van der Waals surface area contributed by atoms with Crippen molar-refractivity contribution < 1.29 is 14.4 Å². The number of nitrogens with one attached hydrogen (secondary N) is 3. The summed E-state index contributed by atoms with van der Waals surface area (Å²) in [5, 5.41) is 15.6. The predicted octanol–water partition coefficient (Wildman–Crippen LogP) is 2.84. The largest absolute Gasteiger partial charge is 0.463 e. The molecule has 9 nitrogen and oxygen atoms in total. The predicted molar refractivity (Wildman–Crippen MR) is 135 cm³/mol. The summed E-state index contributed by atoms with van der Waals surface area (Å²) in [6.45, 7) is 11.5. The zero-order chi connectivity index (χ0) is 24.6. The molecule has 35 heavy (non-hydrogen) atoms. The van der Waals surface area contributed by atoms with E-state index in [4.69, 9.17) is 14.7 Å². The van der Waals surface area contributed by atoms with Gasteiger partial charge in [-0.05, 0) is 56.2 Å². The van der Waals surface area contributed by atoms with Gasteiger partial charge in [-0.25, -0.2) is 0 Å². The summed E-state index contributed by atoms with van der Waals surface area (Å²) in [4.78, 5) is 15.1. The van der Waals surface area contributed by atoms with Gasteiger partial charge < -0.3 is 25.0 Å². The standard InChI is InChI=1S/C26H31N7O2/c1-18-15-19(2)23(20(3)16-18)29-25-30-24(28-22-7-5-21(17-27)6-8-22)31-26(32-25)35-12-4-9-33-10-13-34-14-11-33/h5-8,15-16H,4,9-14H2,1-3H3,(H2,28,29,30,31,32)/p+1. The van der Waals surface area contributed by atoms with E-state index in [9.17, 15) is 0 Å². The number of nitriles is 1. The fourth-order valence-electron chi connectivity index (χ4n) is 4.17. The number of benzene rings is 2. The number of quaternary nitrogens is 1. The molecular formula is C26H32N7O2+. The van der Waals surface area contributed by atoms with Crippen molar-refractivity contribution >= 4 is 23.3 Å². The number of aryl methyl sites for hydroxylation is 3. The smallest absolute Gasteiger partial charge is 0.323 e. The molecule has 1 aromatic heterocycles. The molecule has 1 aliphatic rings. The molecule has 0 atom stereocenters. The van der Waals surface area contributed by atoms with Crippen LogP contribution in [0, 0.1) is 32.1 Å². The van der Waals surface area contributed by atoms with E-state index >= 15 is 0 Å². The molecule has 9 heteroatoms. The fourth-order valence-corrected chi connectivity index (χ4v) is 4.17. The van der Waals surface area contributed by atoms with Crippen molar-refractivity contribution in [2.24, 2.45) is 0 Å². The molecular weight excluding hydrogens is 442 g/mol. The van der Waals surface area contributed by atoms with Gasteiger partial charge in [-0.2, -0.15) is 20.2 Å². The van der Waals surface area contributed by atoms with Gasteiger partial charge in [0.05, 0.1) is 38.0 Å². The Hall–Kier alpha value is -3.74. The lowest BCUT2D eigenvalue weighted by Gasteiger charge is -2.23. The lowest BCUT2D eigenvalue weighted by molar-refractivity contribution is -0.908. The number of hydrogen-bond acceptors (Lipinski definition) is 8. The minimum atomic E-state index is 0.262. The maximum atomic E-state index is 9.04. The molecule has 182 valence electrons. The fraction of sp³-hybridized carbons (Fsp3) is 0.385. The molecule has 4 rings (SSSR count). The van der Waals surface area contributed by atoms with Crippen LogP contribution in [0.4, 0.5) is 23.3 Å². The number of morpholine rings is 1. The molecule has 1 saturated heterocycles. The van der Waals surface area contributed by atoms with Crippen molar-refractivity contribution in [1.29, 1.82) is 5.26 Å². The van der Waals surface area contributed by atoms with Crippen molar-refractivity contribution in [1.82, 2.24) is 15.0 Å². The summed E-state index contributed by atoms with van der Waals surface area (Å²) in [6, 6.07) is 13.7. The van der Waals surface area contributed by atoms with Crippen LogP contribution < -0.4 is 20.3 Å². The van der Waals surface area contributed by atoms with E-state index in [1.165, 1.54) is 10.5 Å². The molecule has 1 fully saturated rings. The Morgan fingerprint density at radius 1 is 0.971 bits per heavy atom. The van der Waals surface area contributed by atoms with Crippen LogP contribution in [0.15, 0.2) is 36.4 Å². The van der Waals surface area contributed by atoms with Gasteiger partial charge in [-0.1, -0.05) is 17.7 Å². The highest BCUT2D eigenvalue weighted by atomic mass is 16.5. The quantitative estimate of drug-likeness (QED) is 0.406. The first-order valence-corrected chi connectivity index (χ1v) is 11.9. The summed E-state index contributed by atoms with van der Waals surface area (Å²) in [7, 11) is 0. The second-order valence-electron chi connectivity index (χ2n) is 8.79. The van der Waals surface area contributed by atoms with Crippen LogP contribution >= 0.6 is 0 Å². The Balaban J connectivity index is 1.51. The molecule has 3 aromatic rings. The van der Waals surface area contributed by atoms with Crippen LogP contribution in [0.25, 0.3) is 0 Å². The van der Waals surface area contributed by atoms with Crippen LogP contribution in [-0.2, 0) is 4.74 Å². The summed E-state index contributed by atoms with van der Waals surface area (Å²) in [5.74, 6) is 0.767. The van der Waals surface area contributed by atoms with Crippen molar-refractivity contribution in [3.05, 3.63) is 58.7 Å². The summed E-state index contributed by atoms with van der Waals surface area (Å²) in [5.41, 5.74) is 5.75. The second-order valence-corrected chi connectivity index (χ2v) is 8.79. The number of rotatable bonds is 9. The van der Waals surface area contributed by atoms with Gasteiger partial charge in [0.2, 0.25) is 11.9 Å². The average Bonchev–Trinajstić information content (AvgIpc) is 2.85. The van der Waals surface area contributed by atoms with Crippen molar-refractivity contribution in [3.63, 3.8) is 0 Å². The Bertz CT molecular complexity index is 1160. The molecule has 3 N–H and O–H groups in total. The van der Waals surface area contributed by atoms with Gasteiger partial charge in [0.25, 0.3) is 0 Å². The van der Waals surface area contributed by atoms with Gasteiger partial charge in [-0.15, -0.1) is 0 Å². The molecule has 0 radical (unpaired) electrons. The number of nitrogens with zero attached hydrogens (tertiary/aromatic N) is 4. The highest BCUT2D eigenvalue weighted by Crippen LogP contribution is 2.26. The van der Waals surface area contributed by atoms with Crippen LogP contribution in [0.5, 0.6) is 6.01 Å². The molecule has 1 aliphatic heterocycles. The van der Waals surface area contributed by atoms with E-state index in [1.54, 1.807) is 12.1 Å². The number of hydrogen-bond donors (Lipinski definition) is 3. The normalized spacial score (nSPS) is 13.8. The molecule has 0 unspecified atom stereocenters. The molecule has 2 aromatic carbocycles. The summed E-state index contributed by atoms with van der Waals surface area (Å²) >= 11 is 0. The van der Waals surface area contributed by atoms with Crippen LogP contribution in [0.2, 0.25) is 0 Å². The molecule has 0 bridgehead atoms. The summed E-state index contributed by atoms with van der Waals surface area (Å²) in [6.07, 6.45) is 0.901. The summed E-state index contributed by atoms with van der Waals surface area (Å²) < 4.78 is 11.4. The molecule has 0 amide bonds. The highest BCUT2D eigenvalue weighted by Gasteiger charge is 2.14. The van der Waals surface area contributed by atoms with Gasteiger partial charge in [0.1, 0.15) is 13.1 Å². The number of anilines is 4. The van der Waals surface area contributed by atoms with Crippen LogP contribution in [0.3, 0.4) is 0 Å². The van der Waals surface area contributed by atoms with E-state index in [0.29, 0.717) is 24.1 Å². The average molecular weight is 475 g/mol. The van der Waals surface area contributed by atoms with Crippen molar-refractivity contribution in [2.45, 2.75) is 27.2 Å². The van der Waals surface area contributed by atoms with E-state index in [2.05, 4.69) is 64.6 Å². The van der Waals surface area contributed by atoms with Crippen LogP contribution in [-0.4, -0.2) is 54.4 Å². The minimum Gasteiger partial charge on any atom is -0.463 e. The van der Waals surface area contributed by atoms with Crippen molar-refractivity contribution in [2.75, 3.05) is 50.1 Å². The third kappa shape index (κ3) is 6.88. The van der Waals surface area contributed by atoms with Gasteiger partial charge in [0, 0.05) is 17.8 Å². The number of ether oxygens (including phenoxy) is 2. The van der Waals surface area contributed by atoms with E-state index in [1.807, 2.05) is 12.1 Å². The van der Waals surface area contributed by atoms with Gasteiger partial charge >= 0.3 is 6.01 Å². The Kier molecular flexibility index (Phi) is 8.08. The monoisotopic (exact) mass is 474 g/mol. The van der Waals surface area contributed by atoms with Gasteiger partial charge in [0.15, 0.2) is 0 Å². The van der Waals surface area contributed by atoms with Crippen molar-refractivity contribution in [3.8, 4) is 12.1 Å². The maximum Gasteiger partial charge on any atom is 0.323 e. The topological polar surface area (TPSA) is 109 Å². The zero-order valence-corrected chi connectivity index (χ0v) is 20.5. The lowest BCUT2D eigenvalue weighted by atomic mass is 10.1. The van der Waals surface area contributed by atoms with E-state index in [0.717, 1.165) is 61.8 Å². The minimum absolute atomic E-state index is 0.262. The molecule has 2 heterocycles. The highest BCUT2D eigenvalue weighted by molar-refractivity contribution is 5.65. The maximum absolute atomic E-state index is 9.04. The third-order valence-electron chi connectivity index (χ3n) is 5.90.